The van der Waals surface area contributed by atoms with Crippen molar-refractivity contribution in [3.63, 3.8) is 0 Å². The van der Waals surface area contributed by atoms with Crippen LogP contribution in [0.25, 0.3) is 0 Å². The first kappa shape index (κ1) is 13.3. The number of aliphatic hydroxyl groups is 2. The third kappa shape index (κ3) is 3.94. The summed E-state index contributed by atoms with van der Waals surface area (Å²) in [4.78, 5) is 2.50. The van der Waals surface area contributed by atoms with Gasteiger partial charge in [-0.05, 0) is 44.1 Å². The zero-order valence-electron chi connectivity index (χ0n) is 10.9. The molecule has 2 aliphatic rings. The number of hydrogen-bond acceptors (Lipinski definition) is 3. The van der Waals surface area contributed by atoms with Gasteiger partial charge in [-0.15, -0.1) is 0 Å². The Morgan fingerprint density at radius 1 is 1.06 bits per heavy atom. The van der Waals surface area contributed by atoms with Gasteiger partial charge in [0.25, 0.3) is 0 Å². The summed E-state index contributed by atoms with van der Waals surface area (Å²) in [6.45, 7) is 3.69. The second-order valence-electron chi connectivity index (χ2n) is 5.89. The van der Waals surface area contributed by atoms with Crippen molar-refractivity contribution < 1.29 is 10.2 Å². The largest absolute Gasteiger partial charge is 0.396 e. The molecule has 1 heterocycles. The summed E-state index contributed by atoms with van der Waals surface area (Å²) in [6, 6.07) is 0. The third-order valence-electron chi connectivity index (χ3n) is 4.52. The monoisotopic (exact) mass is 241 g/mol. The van der Waals surface area contributed by atoms with Crippen molar-refractivity contribution in [3.8, 4) is 0 Å². The zero-order chi connectivity index (χ0) is 12.1. The normalized spacial score (nSPS) is 36.0. The number of hydrogen-bond donors (Lipinski definition) is 2. The lowest BCUT2D eigenvalue weighted by atomic mass is 9.97. The smallest absolute Gasteiger partial charge is 0.0580 e. The van der Waals surface area contributed by atoms with Gasteiger partial charge in [0, 0.05) is 19.7 Å². The van der Waals surface area contributed by atoms with Crippen LogP contribution in [0.2, 0.25) is 0 Å². The maximum atomic E-state index is 10.1. The first-order chi connectivity index (χ1) is 8.29. The van der Waals surface area contributed by atoms with E-state index in [0.717, 1.165) is 32.5 Å². The highest BCUT2D eigenvalue weighted by atomic mass is 16.3. The molecule has 3 atom stereocenters. The Kier molecular flexibility index (Phi) is 5.26. The van der Waals surface area contributed by atoms with Gasteiger partial charge in [0.1, 0.15) is 0 Å². The minimum Gasteiger partial charge on any atom is -0.396 e. The van der Waals surface area contributed by atoms with Crippen molar-refractivity contribution in [3.05, 3.63) is 0 Å². The van der Waals surface area contributed by atoms with E-state index in [9.17, 15) is 5.11 Å². The molecule has 3 heteroatoms. The minimum atomic E-state index is -0.0746. The molecule has 0 radical (unpaired) electrons. The van der Waals surface area contributed by atoms with Gasteiger partial charge in [-0.3, -0.25) is 0 Å². The van der Waals surface area contributed by atoms with Gasteiger partial charge >= 0.3 is 0 Å². The van der Waals surface area contributed by atoms with Crippen LogP contribution in [0.3, 0.4) is 0 Å². The number of likely N-dealkylation sites (tertiary alicyclic amines) is 1. The summed E-state index contributed by atoms with van der Waals surface area (Å²) in [5.74, 6) is 1.17. The summed E-state index contributed by atoms with van der Waals surface area (Å²) in [5.41, 5.74) is 0. The lowest BCUT2D eigenvalue weighted by Gasteiger charge is -2.26. The average molecular weight is 241 g/mol. The minimum absolute atomic E-state index is 0.0746. The summed E-state index contributed by atoms with van der Waals surface area (Å²) >= 11 is 0. The quantitative estimate of drug-likeness (QED) is 0.735. The Morgan fingerprint density at radius 3 is 2.71 bits per heavy atom. The van der Waals surface area contributed by atoms with Crippen molar-refractivity contribution in [1.29, 1.82) is 0 Å². The van der Waals surface area contributed by atoms with E-state index in [-0.39, 0.29) is 6.10 Å². The Hall–Kier alpha value is -0.120. The van der Waals surface area contributed by atoms with Crippen LogP contribution in [0.4, 0.5) is 0 Å². The number of aliphatic hydroxyl groups excluding tert-OH is 2. The van der Waals surface area contributed by atoms with E-state index >= 15 is 0 Å². The fourth-order valence-corrected chi connectivity index (χ4v) is 3.41. The molecule has 0 aromatic heterocycles. The summed E-state index contributed by atoms with van der Waals surface area (Å²) in [5, 5.41) is 19.1. The van der Waals surface area contributed by atoms with Crippen molar-refractivity contribution in [2.24, 2.45) is 11.8 Å². The van der Waals surface area contributed by atoms with E-state index < -0.39 is 0 Å². The number of rotatable bonds is 4. The first-order valence-electron chi connectivity index (χ1n) is 7.31. The summed E-state index contributed by atoms with van der Waals surface area (Å²) < 4.78 is 0. The summed E-state index contributed by atoms with van der Waals surface area (Å²) in [7, 11) is 0. The van der Waals surface area contributed by atoms with Gasteiger partial charge < -0.3 is 15.1 Å². The molecule has 0 bridgehead atoms. The molecule has 2 fully saturated rings. The van der Waals surface area contributed by atoms with E-state index in [1.165, 1.54) is 32.1 Å². The molecule has 1 aliphatic heterocycles. The second kappa shape index (κ2) is 6.72. The Bertz CT molecular complexity index is 222. The molecule has 3 nitrogen and oxygen atoms in total. The van der Waals surface area contributed by atoms with Gasteiger partial charge in [-0.2, -0.15) is 0 Å². The van der Waals surface area contributed by atoms with Crippen LogP contribution >= 0.6 is 0 Å². The third-order valence-corrected chi connectivity index (χ3v) is 4.52. The fourth-order valence-electron chi connectivity index (χ4n) is 3.41. The van der Waals surface area contributed by atoms with E-state index in [0.29, 0.717) is 18.4 Å². The topological polar surface area (TPSA) is 43.7 Å². The average Bonchev–Trinajstić information content (AvgIpc) is 2.65. The second-order valence-corrected chi connectivity index (χ2v) is 5.89. The van der Waals surface area contributed by atoms with E-state index in [4.69, 9.17) is 5.11 Å². The molecule has 0 aromatic carbocycles. The lowest BCUT2D eigenvalue weighted by molar-refractivity contribution is 0.0779. The molecular formula is C14H27NO2. The standard InChI is InChI=1S/C14H27NO2/c16-9-7-12-6-8-15(10-12)11-13-4-2-1-3-5-14(13)17/h12-14,16-17H,1-11H2. The summed E-state index contributed by atoms with van der Waals surface area (Å²) in [6.07, 6.45) is 8.07. The zero-order valence-corrected chi connectivity index (χ0v) is 10.9. The van der Waals surface area contributed by atoms with Gasteiger partial charge in [0.15, 0.2) is 0 Å². The first-order valence-corrected chi connectivity index (χ1v) is 7.31. The molecule has 2 rings (SSSR count). The van der Waals surface area contributed by atoms with Crippen molar-refractivity contribution in [1.82, 2.24) is 4.90 Å². The van der Waals surface area contributed by atoms with Gasteiger partial charge in [-0.1, -0.05) is 19.3 Å². The maximum Gasteiger partial charge on any atom is 0.0580 e. The van der Waals surface area contributed by atoms with Crippen LogP contribution in [0.1, 0.15) is 44.9 Å². The van der Waals surface area contributed by atoms with Gasteiger partial charge in [0.2, 0.25) is 0 Å². The van der Waals surface area contributed by atoms with Gasteiger partial charge in [-0.25, -0.2) is 0 Å². The molecule has 1 aliphatic carbocycles. The Balaban J connectivity index is 1.76. The van der Waals surface area contributed by atoms with E-state index in [2.05, 4.69) is 4.90 Å². The lowest BCUT2D eigenvalue weighted by Crippen LogP contribution is -2.33. The molecule has 3 unspecified atom stereocenters. The van der Waals surface area contributed by atoms with Crippen LogP contribution in [0.15, 0.2) is 0 Å². The maximum absolute atomic E-state index is 10.1. The van der Waals surface area contributed by atoms with Crippen LogP contribution in [-0.4, -0.2) is 47.5 Å². The fraction of sp³-hybridized carbons (Fsp3) is 1.00. The van der Waals surface area contributed by atoms with E-state index in [1.807, 2.05) is 0 Å². The van der Waals surface area contributed by atoms with Crippen molar-refractivity contribution >= 4 is 0 Å². The molecule has 1 saturated heterocycles. The van der Waals surface area contributed by atoms with Crippen LogP contribution in [0.5, 0.6) is 0 Å². The molecule has 100 valence electrons. The Morgan fingerprint density at radius 2 is 1.88 bits per heavy atom. The van der Waals surface area contributed by atoms with Crippen LogP contribution < -0.4 is 0 Å². The molecule has 0 aromatic rings. The highest BCUT2D eigenvalue weighted by molar-refractivity contribution is 4.81. The molecule has 0 amide bonds. The van der Waals surface area contributed by atoms with Crippen molar-refractivity contribution in [2.45, 2.75) is 51.0 Å². The van der Waals surface area contributed by atoms with Crippen molar-refractivity contribution in [2.75, 3.05) is 26.2 Å². The van der Waals surface area contributed by atoms with Crippen LogP contribution in [0, 0.1) is 11.8 Å². The molecule has 17 heavy (non-hydrogen) atoms. The molecule has 0 spiro atoms. The van der Waals surface area contributed by atoms with Crippen LogP contribution in [-0.2, 0) is 0 Å². The van der Waals surface area contributed by atoms with E-state index in [1.54, 1.807) is 0 Å². The molecule has 1 saturated carbocycles. The predicted octanol–water partition coefficient (Wildman–Crippen LogP) is 1.63. The Labute approximate surface area is 105 Å². The number of nitrogens with zero attached hydrogens (tertiary/aromatic N) is 1. The SMILES string of the molecule is OCCC1CCN(CC2CCCCCC2O)C1. The molecule has 2 N–H and O–H groups in total. The highest BCUT2D eigenvalue weighted by Crippen LogP contribution is 2.27. The predicted molar refractivity (Wildman–Crippen MR) is 68.8 cm³/mol. The highest BCUT2D eigenvalue weighted by Gasteiger charge is 2.28. The van der Waals surface area contributed by atoms with Gasteiger partial charge in [0.05, 0.1) is 6.10 Å². The molecular weight excluding hydrogens is 214 g/mol.